The summed E-state index contributed by atoms with van der Waals surface area (Å²) >= 11 is 5.79. The maximum absolute atomic E-state index is 11.6. The van der Waals surface area contributed by atoms with Gasteiger partial charge in [-0.3, -0.25) is 9.69 Å². The summed E-state index contributed by atoms with van der Waals surface area (Å²) in [5.41, 5.74) is 1.29. The van der Waals surface area contributed by atoms with Crippen molar-refractivity contribution in [2.24, 2.45) is 0 Å². The van der Waals surface area contributed by atoms with Crippen LogP contribution >= 0.6 is 11.6 Å². The van der Waals surface area contributed by atoms with Crippen LogP contribution in [0, 0.1) is 0 Å². The number of benzene rings is 1. The maximum Gasteiger partial charge on any atom is 0.237 e. The second-order valence-electron chi connectivity index (χ2n) is 4.93. The van der Waals surface area contributed by atoms with Crippen molar-refractivity contribution >= 4 is 17.5 Å². The van der Waals surface area contributed by atoms with Crippen LogP contribution in [0.2, 0.25) is 0 Å². The molecule has 0 aromatic heterocycles. The Morgan fingerprint density at radius 3 is 2.35 bits per heavy atom. The van der Waals surface area contributed by atoms with Gasteiger partial charge in [0.2, 0.25) is 5.91 Å². The molecule has 1 amide bonds. The van der Waals surface area contributed by atoms with Crippen molar-refractivity contribution in [2.75, 3.05) is 19.6 Å². The molecule has 1 N–H and O–H groups in total. The van der Waals surface area contributed by atoms with Crippen molar-refractivity contribution in [1.29, 1.82) is 0 Å². The minimum atomic E-state index is -0.482. The second-order valence-corrected chi connectivity index (χ2v) is 5.58. The molecule has 2 atom stereocenters. The maximum atomic E-state index is 11.6. The summed E-state index contributed by atoms with van der Waals surface area (Å²) in [4.78, 5) is 14.0. The standard InChI is InChI=1S/C16H25ClN2O/c1-4-19(5-2)15(12-18-16(20)13(3)17)11-14-9-7-6-8-10-14/h6-10,13,15H,4-5,11-12H2,1-3H3,(H,18,20). The van der Waals surface area contributed by atoms with Crippen LogP contribution in [0.5, 0.6) is 0 Å². The first-order valence-electron chi connectivity index (χ1n) is 7.28. The van der Waals surface area contributed by atoms with Gasteiger partial charge in [-0.15, -0.1) is 11.6 Å². The summed E-state index contributed by atoms with van der Waals surface area (Å²) < 4.78 is 0. The van der Waals surface area contributed by atoms with Crippen molar-refractivity contribution in [1.82, 2.24) is 10.2 Å². The molecule has 1 aromatic carbocycles. The molecule has 0 aliphatic carbocycles. The van der Waals surface area contributed by atoms with Gasteiger partial charge in [-0.05, 0) is 32.0 Å². The lowest BCUT2D eigenvalue weighted by atomic mass is 10.0. The van der Waals surface area contributed by atoms with Gasteiger partial charge in [-0.1, -0.05) is 44.2 Å². The molecule has 0 spiro atoms. The highest BCUT2D eigenvalue weighted by atomic mass is 35.5. The molecule has 20 heavy (non-hydrogen) atoms. The fourth-order valence-corrected chi connectivity index (χ4v) is 2.39. The van der Waals surface area contributed by atoms with Crippen molar-refractivity contribution in [3.63, 3.8) is 0 Å². The van der Waals surface area contributed by atoms with Gasteiger partial charge in [0.25, 0.3) is 0 Å². The number of carbonyl (C=O) groups excluding carboxylic acids is 1. The third kappa shape index (κ3) is 5.51. The Morgan fingerprint density at radius 2 is 1.85 bits per heavy atom. The van der Waals surface area contributed by atoms with Crippen LogP contribution in [-0.4, -0.2) is 41.9 Å². The Bertz CT molecular complexity index is 391. The van der Waals surface area contributed by atoms with Gasteiger partial charge in [0, 0.05) is 12.6 Å². The quantitative estimate of drug-likeness (QED) is 0.748. The summed E-state index contributed by atoms with van der Waals surface area (Å²) in [5.74, 6) is -0.100. The molecule has 4 heteroatoms. The number of alkyl halides is 1. The van der Waals surface area contributed by atoms with Crippen LogP contribution in [0.15, 0.2) is 30.3 Å². The average molecular weight is 297 g/mol. The summed E-state index contributed by atoms with van der Waals surface area (Å²) in [6, 6.07) is 10.7. The van der Waals surface area contributed by atoms with Crippen LogP contribution < -0.4 is 5.32 Å². The number of amides is 1. The minimum absolute atomic E-state index is 0.100. The SMILES string of the molecule is CCN(CC)C(CNC(=O)C(C)Cl)Cc1ccccc1. The van der Waals surface area contributed by atoms with Crippen LogP contribution in [0.3, 0.4) is 0 Å². The Kier molecular flexibility index (Phi) is 7.63. The van der Waals surface area contributed by atoms with E-state index in [1.165, 1.54) is 5.56 Å². The van der Waals surface area contributed by atoms with E-state index < -0.39 is 5.38 Å². The molecule has 0 aliphatic heterocycles. The molecular formula is C16H25ClN2O. The highest BCUT2D eigenvalue weighted by Crippen LogP contribution is 2.09. The summed E-state index contributed by atoms with van der Waals surface area (Å²) in [5, 5.41) is 2.46. The van der Waals surface area contributed by atoms with E-state index >= 15 is 0 Å². The third-order valence-corrected chi connectivity index (χ3v) is 3.71. The lowest BCUT2D eigenvalue weighted by Gasteiger charge is -2.30. The van der Waals surface area contributed by atoms with E-state index in [1.807, 2.05) is 18.2 Å². The average Bonchev–Trinajstić information content (AvgIpc) is 2.46. The van der Waals surface area contributed by atoms with Gasteiger partial charge in [0.15, 0.2) is 0 Å². The third-order valence-electron chi connectivity index (χ3n) is 3.52. The number of hydrogen-bond donors (Lipinski definition) is 1. The number of nitrogens with one attached hydrogen (secondary N) is 1. The van der Waals surface area contributed by atoms with Crippen molar-refractivity contribution in [3.05, 3.63) is 35.9 Å². The van der Waals surface area contributed by atoms with Gasteiger partial charge in [-0.25, -0.2) is 0 Å². The molecule has 112 valence electrons. The zero-order valence-electron chi connectivity index (χ0n) is 12.6. The Morgan fingerprint density at radius 1 is 1.25 bits per heavy atom. The van der Waals surface area contributed by atoms with Crippen LogP contribution in [0.4, 0.5) is 0 Å². The summed E-state index contributed by atoms with van der Waals surface area (Å²) in [6.07, 6.45) is 0.930. The Labute approximate surface area is 127 Å². The fourth-order valence-electron chi connectivity index (χ4n) is 2.32. The Balaban J connectivity index is 2.67. The molecule has 0 saturated carbocycles. The Hall–Kier alpha value is -1.06. The predicted octanol–water partition coefficient (Wildman–Crippen LogP) is 2.68. The van der Waals surface area contributed by atoms with E-state index in [1.54, 1.807) is 6.92 Å². The molecule has 0 heterocycles. The number of carbonyl (C=O) groups is 1. The van der Waals surface area contributed by atoms with E-state index in [0.29, 0.717) is 12.6 Å². The summed E-state index contributed by atoms with van der Waals surface area (Å²) in [6.45, 7) is 8.56. The highest BCUT2D eigenvalue weighted by molar-refractivity contribution is 6.30. The first kappa shape index (κ1) is 17.0. The molecule has 3 nitrogen and oxygen atoms in total. The van der Waals surface area contributed by atoms with Crippen LogP contribution in [-0.2, 0) is 11.2 Å². The van der Waals surface area contributed by atoms with E-state index in [0.717, 1.165) is 19.5 Å². The topological polar surface area (TPSA) is 32.3 Å². The van der Waals surface area contributed by atoms with Crippen LogP contribution in [0.1, 0.15) is 26.3 Å². The zero-order chi connectivity index (χ0) is 15.0. The van der Waals surface area contributed by atoms with Gasteiger partial charge in [0.1, 0.15) is 5.38 Å². The van der Waals surface area contributed by atoms with Crippen molar-refractivity contribution < 1.29 is 4.79 Å². The number of rotatable bonds is 8. The molecule has 1 rings (SSSR count). The molecule has 0 saturated heterocycles. The largest absolute Gasteiger partial charge is 0.353 e. The molecule has 1 aromatic rings. The molecular weight excluding hydrogens is 272 g/mol. The van der Waals surface area contributed by atoms with Gasteiger partial charge in [0.05, 0.1) is 0 Å². The minimum Gasteiger partial charge on any atom is -0.353 e. The molecule has 0 radical (unpaired) electrons. The molecule has 0 fully saturated rings. The van der Waals surface area contributed by atoms with Crippen molar-refractivity contribution in [3.8, 4) is 0 Å². The number of nitrogens with zero attached hydrogens (tertiary/aromatic N) is 1. The zero-order valence-corrected chi connectivity index (χ0v) is 13.4. The lowest BCUT2D eigenvalue weighted by Crippen LogP contribution is -2.46. The van der Waals surface area contributed by atoms with E-state index in [4.69, 9.17) is 11.6 Å². The number of likely N-dealkylation sites (N-methyl/N-ethyl adjacent to an activating group) is 1. The second kappa shape index (κ2) is 8.98. The van der Waals surface area contributed by atoms with Gasteiger partial charge >= 0.3 is 0 Å². The normalized spacial score (nSPS) is 14.1. The van der Waals surface area contributed by atoms with E-state index in [2.05, 4.69) is 36.2 Å². The summed E-state index contributed by atoms with van der Waals surface area (Å²) in [7, 11) is 0. The molecule has 0 aliphatic rings. The lowest BCUT2D eigenvalue weighted by molar-refractivity contribution is -0.120. The first-order chi connectivity index (χ1) is 9.58. The smallest absolute Gasteiger partial charge is 0.237 e. The fraction of sp³-hybridized carbons (Fsp3) is 0.562. The van der Waals surface area contributed by atoms with Gasteiger partial charge < -0.3 is 5.32 Å². The van der Waals surface area contributed by atoms with Crippen molar-refractivity contribution in [2.45, 2.75) is 38.6 Å². The highest BCUT2D eigenvalue weighted by Gasteiger charge is 2.18. The predicted molar refractivity (Wildman–Crippen MR) is 85.2 cm³/mol. The van der Waals surface area contributed by atoms with Crippen LogP contribution in [0.25, 0.3) is 0 Å². The monoisotopic (exact) mass is 296 g/mol. The van der Waals surface area contributed by atoms with Gasteiger partial charge in [-0.2, -0.15) is 0 Å². The van der Waals surface area contributed by atoms with E-state index in [-0.39, 0.29) is 5.91 Å². The first-order valence-corrected chi connectivity index (χ1v) is 7.71. The number of halogens is 1. The molecule has 2 unspecified atom stereocenters. The van der Waals surface area contributed by atoms with E-state index in [9.17, 15) is 4.79 Å². The number of hydrogen-bond acceptors (Lipinski definition) is 2. The molecule has 0 bridgehead atoms.